The molecule has 1 heterocycles. The minimum atomic E-state index is -1.31. The Bertz CT molecular complexity index is 1320. The second-order valence-corrected chi connectivity index (χ2v) is 11.6. The van der Waals surface area contributed by atoms with Gasteiger partial charge in [0.2, 0.25) is 0 Å². The summed E-state index contributed by atoms with van der Waals surface area (Å²) in [5, 5.41) is 11.5. The summed E-state index contributed by atoms with van der Waals surface area (Å²) in [5.74, 6) is -2.25. The number of amides is 2. The van der Waals surface area contributed by atoms with Crippen LogP contribution in [0.25, 0.3) is 10.8 Å². The third-order valence-electron chi connectivity index (χ3n) is 6.36. The van der Waals surface area contributed by atoms with Crippen molar-refractivity contribution in [3.63, 3.8) is 0 Å². The number of carbonyl (C=O) groups excluding carboxylic acids is 3. The topological polar surface area (TPSA) is 104 Å². The van der Waals surface area contributed by atoms with Crippen LogP contribution in [0.5, 0.6) is 0 Å². The van der Waals surface area contributed by atoms with Crippen molar-refractivity contribution >= 4 is 53.4 Å². The Morgan fingerprint density at radius 2 is 1.59 bits per heavy atom. The van der Waals surface area contributed by atoms with E-state index in [-0.39, 0.29) is 29.1 Å². The average molecular weight is 564 g/mol. The van der Waals surface area contributed by atoms with Crippen LogP contribution in [0.3, 0.4) is 0 Å². The first kappa shape index (κ1) is 26.4. The number of nitrogens with zero attached hydrogens (tertiary/aromatic N) is 2. The van der Waals surface area contributed by atoms with Gasteiger partial charge in [0, 0.05) is 0 Å². The molecular weight excluding hydrogens is 535 g/mol. The van der Waals surface area contributed by atoms with Gasteiger partial charge in [0.1, 0.15) is 0 Å². The second-order valence-electron chi connectivity index (χ2n) is 8.82. The quantitative estimate of drug-likeness (QED) is 0.333. The van der Waals surface area contributed by atoms with Gasteiger partial charge in [-0.3, -0.25) is 0 Å². The van der Waals surface area contributed by atoms with Crippen LogP contribution in [-0.4, -0.2) is 86.0 Å². The van der Waals surface area contributed by atoms with Gasteiger partial charge >= 0.3 is 222 Å². The molecule has 0 aliphatic carbocycles. The van der Waals surface area contributed by atoms with Crippen molar-refractivity contribution in [2.75, 3.05) is 32.8 Å². The first-order chi connectivity index (χ1) is 17.9. The van der Waals surface area contributed by atoms with E-state index in [9.17, 15) is 24.3 Å². The van der Waals surface area contributed by atoms with Crippen LogP contribution in [-0.2, 0) is 20.7 Å². The number of rotatable bonds is 8. The maximum atomic E-state index is 13.6. The molecule has 1 fully saturated rings. The van der Waals surface area contributed by atoms with Crippen molar-refractivity contribution in [3.8, 4) is 0 Å². The molecule has 0 aromatic heterocycles. The van der Waals surface area contributed by atoms with E-state index < -0.39 is 33.7 Å². The van der Waals surface area contributed by atoms with Gasteiger partial charge in [0.15, 0.2) is 0 Å². The van der Waals surface area contributed by atoms with Crippen molar-refractivity contribution in [1.29, 1.82) is 0 Å². The van der Waals surface area contributed by atoms with E-state index in [1.54, 1.807) is 28.9 Å². The molecule has 37 heavy (non-hydrogen) atoms. The van der Waals surface area contributed by atoms with Gasteiger partial charge in [-0.05, 0) is 0 Å². The molecule has 0 spiro atoms. The standard InChI is InChI=1S/C28H29AsN2O6/c1-2-37-28(36)31-14-12-30(13-15-31)26(33)24(17-19-6-5-9-22(16-19)27(34)35)25(32)29-23-11-10-20-7-3-4-8-21(20)18-23/h3-11,16,18,24,29H,2,12-15,17H2,1H3,(H,34,35). The fourth-order valence-corrected chi connectivity index (χ4v) is 6.66. The van der Waals surface area contributed by atoms with E-state index in [0.717, 1.165) is 15.1 Å². The molecule has 8 nitrogen and oxygen atoms in total. The number of carbonyl (C=O) groups is 4. The van der Waals surface area contributed by atoms with Crippen LogP contribution < -0.4 is 4.35 Å². The molecule has 0 bridgehead atoms. The first-order valence-electron chi connectivity index (χ1n) is 12.2. The van der Waals surface area contributed by atoms with E-state index in [0.29, 0.717) is 31.7 Å². The molecule has 2 amide bonds. The molecule has 1 N–H and O–H groups in total. The molecule has 0 saturated carbocycles. The zero-order valence-electron chi connectivity index (χ0n) is 20.6. The Morgan fingerprint density at radius 1 is 0.892 bits per heavy atom. The molecular formula is C28H29AsN2O6. The van der Waals surface area contributed by atoms with Crippen molar-refractivity contribution in [2.45, 2.75) is 13.3 Å². The zero-order valence-corrected chi connectivity index (χ0v) is 22.7. The summed E-state index contributed by atoms with van der Waals surface area (Å²) < 4.78 is 5.89. The summed E-state index contributed by atoms with van der Waals surface area (Å²) in [6.45, 7) is 3.32. The van der Waals surface area contributed by atoms with Crippen molar-refractivity contribution in [3.05, 3.63) is 77.9 Å². The zero-order chi connectivity index (χ0) is 26.4. The first-order valence-corrected chi connectivity index (χ1v) is 14.3. The van der Waals surface area contributed by atoms with Gasteiger partial charge in [0.25, 0.3) is 0 Å². The molecule has 2 atom stereocenters. The fourth-order valence-electron chi connectivity index (χ4n) is 4.40. The van der Waals surface area contributed by atoms with E-state index in [1.807, 2.05) is 42.5 Å². The summed E-state index contributed by atoms with van der Waals surface area (Å²) in [6, 6.07) is 20.3. The Kier molecular flexibility index (Phi) is 8.61. The summed E-state index contributed by atoms with van der Waals surface area (Å²) in [4.78, 5) is 54.0. The monoisotopic (exact) mass is 564 g/mol. The van der Waals surface area contributed by atoms with Gasteiger partial charge in [-0.15, -0.1) is 0 Å². The third kappa shape index (κ3) is 6.57. The number of hydrogen-bond donors (Lipinski definition) is 1. The Labute approximate surface area is 221 Å². The number of aromatic carboxylic acids is 1. The van der Waals surface area contributed by atoms with Crippen LogP contribution in [0.2, 0.25) is 0 Å². The predicted octanol–water partition coefficient (Wildman–Crippen LogP) is 2.29. The van der Waals surface area contributed by atoms with Crippen LogP contribution in [0.15, 0.2) is 66.7 Å². The summed E-state index contributed by atoms with van der Waals surface area (Å²) in [6.07, 6.45) is -0.274. The molecule has 1 aliphatic heterocycles. The fraction of sp³-hybridized carbons (Fsp3) is 0.286. The summed E-state index contributed by atoms with van der Waals surface area (Å²) in [5.41, 5.74) is 0.742. The maximum absolute atomic E-state index is 13.6. The number of carboxylic acid groups (broad SMARTS) is 1. The summed E-state index contributed by atoms with van der Waals surface area (Å²) >= 11 is -1.31. The van der Waals surface area contributed by atoms with E-state index >= 15 is 0 Å². The molecule has 1 saturated heterocycles. The van der Waals surface area contributed by atoms with Crippen molar-refractivity contribution in [1.82, 2.24) is 9.80 Å². The van der Waals surface area contributed by atoms with Crippen molar-refractivity contribution in [2.24, 2.45) is 5.92 Å². The van der Waals surface area contributed by atoms with Crippen LogP contribution >= 0.6 is 0 Å². The molecule has 3 aromatic carbocycles. The SMILES string of the molecule is CCOC(=O)N1CCN(C(=O)C(Cc2cccc(C(=O)O)c2)C(=O)[AsH]c2ccc3ccccc3c2)CC1. The average Bonchev–Trinajstić information content (AvgIpc) is 2.91. The van der Waals surface area contributed by atoms with Crippen LogP contribution in [0, 0.1) is 5.92 Å². The normalized spacial score (nSPS) is 14.6. The number of fused-ring (bicyclic) bond motifs is 1. The molecule has 4 rings (SSSR count). The molecule has 192 valence electrons. The molecule has 9 heteroatoms. The van der Waals surface area contributed by atoms with Crippen LogP contribution in [0.4, 0.5) is 4.79 Å². The number of piperazine rings is 1. The van der Waals surface area contributed by atoms with Gasteiger partial charge in [0.05, 0.1) is 0 Å². The van der Waals surface area contributed by atoms with Crippen LogP contribution in [0.1, 0.15) is 22.8 Å². The van der Waals surface area contributed by atoms with Gasteiger partial charge in [-0.1, -0.05) is 0 Å². The molecule has 1 aliphatic rings. The minimum absolute atomic E-state index is 0.103. The molecule has 0 radical (unpaired) electrons. The molecule has 3 aromatic rings. The third-order valence-corrected chi connectivity index (χ3v) is 8.87. The number of benzene rings is 3. The Balaban J connectivity index is 1.54. The Hall–Kier alpha value is -3.64. The Morgan fingerprint density at radius 3 is 2.30 bits per heavy atom. The van der Waals surface area contributed by atoms with E-state index in [1.165, 1.54) is 12.1 Å². The van der Waals surface area contributed by atoms with Gasteiger partial charge in [-0.2, -0.15) is 0 Å². The van der Waals surface area contributed by atoms with Crippen molar-refractivity contribution < 1.29 is 29.0 Å². The summed E-state index contributed by atoms with van der Waals surface area (Å²) in [7, 11) is 0. The van der Waals surface area contributed by atoms with Gasteiger partial charge < -0.3 is 0 Å². The second kappa shape index (κ2) is 12.1. The number of carboxylic acids is 1. The van der Waals surface area contributed by atoms with E-state index in [2.05, 4.69) is 0 Å². The number of ether oxygens (including phenoxy) is 1. The number of hydrogen-bond acceptors (Lipinski definition) is 5. The van der Waals surface area contributed by atoms with Gasteiger partial charge in [-0.25, -0.2) is 0 Å². The predicted molar refractivity (Wildman–Crippen MR) is 142 cm³/mol. The van der Waals surface area contributed by atoms with E-state index in [4.69, 9.17) is 4.74 Å². The molecule has 2 unspecified atom stereocenters.